The second-order valence-electron chi connectivity index (χ2n) is 4.41. The van der Waals surface area contributed by atoms with E-state index in [0.29, 0.717) is 6.54 Å². The molecule has 1 aromatic heterocycles. The van der Waals surface area contributed by atoms with Gasteiger partial charge in [0.05, 0.1) is 0 Å². The van der Waals surface area contributed by atoms with Gasteiger partial charge in [0.15, 0.2) is 5.82 Å². The summed E-state index contributed by atoms with van der Waals surface area (Å²) in [6, 6.07) is 6.53. The summed E-state index contributed by atoms with van der Waals surface area (Å²) in [7, 11) is 0. The lowest BCUT2D eigenvalue weighted by molar-refractivity contribution is 0.874. The standard InChI is InChI=1S/C13H18N4/c1-9-5-10(2)7-11(6-9)8-13-15-12(3-4-14)16-17-13/h5-7H,3-4,8,14H2,1-2H3,(H,15,16,17). The fraction of sp³-hybridized carbons (Fsp3) is 0.385. The van der Waals surface area contributed by atoms with Crippen LogP contribution in [0, 0.1) is 13.8 Å². The molecule has 0 aliphatic carbocycles. The summed E-state index contributed by atoms with van der Waals surface area (Å²) in [5.74, 6) is 1.70. The molecule has 0 fully saturated rings. The van der Waals surface area contributed by atoms with Crippen molar-refractivity contribution in [2.75, 3.05) is 6.54 Å². The average Bonchev–Trinajstić information content (AvgIpc) is 2.64. The SMILES string of the molecule is Cc1cc(C)cc(Cc2nc(CCN)n[nH]2)c1. The van der Waals surface area contributed by atoms with Crippen LogP contribution in [-0.4, -0.2) is 21.7 Å². The predicted molar refractivity (Wildman–Crippen MR) is 67.9 cm³/mol. The molecule has 0 saturated carbocycles. The maximum absolute atomic E-state index is 5.47. The minimum absolute atomic E-state index is 0.584. The lowest BCUT2D eigenvalue weighted by Gasteiger charge is -2.02. The minimum atomic E-state index is 0.584. The van der Waals surface area contributed by atoms with Gasteiger partial charge in [0.1, 0.15) is 5.82 Å². The van der Waals surface area contributed by atoms with Gasteiger partial charge in [-0.15, -0.1) is 0 Å². The van der Waals surface area contributed by atoms with Crippen molar-refractivity contribution in [1.82, 2.24) is 15.2 Å². The molecule has 4 nitrogen and oxygen atoms in total. The Kier molecular flexibility index (Phi) is 3.54. The summed E-state index contributed by atoms with van der Waals surface area (Å²) in [5, 5.41) is 7.09. The number of aromatic nitrogens is 3. The molecule has 0 amide bonds. The topological polar surface area (TPSA) is 67.6 Å². The lowest BCUT2D eigenvalue weighted by atomic mass is 10.1. The normalized spacial score (nSPS) is 10.8. The van der Waals surface area contributed by atoms with Crippen molar-refractivity contribution < 1.29 is 0 Å². The van der Waals surface area contributed by atoms with Crippen LogP contribution in [-0.2, 0) is 12.8 Å². The molecule has 0 spiro atoms. The molecule has 2 rings (SSSR count). The monoisotopic (exact) mass is 230 g/mol. The molecule has 1 aromatic carbocycles. The van der Waals surface area contributed by atoms with E-state index in [1.54, 1.807) is 0 Å². The summed E-state index contributed by atoms with van der Waals surface area (Å²) in [5.41, 5.74) is 9.29. The first-order valence-electron chi connectivity index (χ1n) is 5.85. The van der Waals surface area contributed by atoms with Crippen LogP contribution in [0.15, 0.2) is 18.2 Å². The predicted octanol–water partition coefficient (Wildman–Crippen LogP) is 1.51. The Hall–Kier alpha value is -1.68. The molecule has 90 valence electrons. The molecule has 0 aliphatic rings. The van der Waals surface area contributed by atoms with Crippen molar-refractivity contribution in [3.8, 4) is 0 Å². The van der Waals surface area contributed by atoms with Crippen molar-refractivity contribution in [2.24, 2.45) is 5.73 Å². The number of nitrogens with two attached hydrogens (primary N) is 1. The van der Waals surface area contributed by atoms with Gasteiger partial charge in [-0.1, -0.05) is 29.3 Å². The van der Waals surface area contributed by atoms with Gasteiger partial charge in [-0.25, -0.2) is 4.98 Å². The van der Waals surface area contributed by atoms with E-state index < -0.39 is 0 Å². The number of hydrogen-bond acceptors (Lipinski definition) is 3. The Labute approximate surface area is 101 Å². The fourth-order valence-electron chi connectivity index (χ4n) is 2.02. The number of aromatic amines is 1. The van der Waals surface area contributed by atoms with Gasteiger partial charge in [-0.2, -0.15) is 5.10 Å². The molecule has 17 heavy (non-hydrogen) atoms. The Balaban J connectivity index is 2.13. The molecule has 3 N–H and O–H groups in total. The van der Waals surface area contributed by atoms with Crippen LogP contribution < -0.4 is 5.73 Å². The number of rotatable bonds is 4. The number of aryl methyl sites for hydroxylation is 2. The van der Waals surface area contributed by atoms with Gasteiger partial charge in [-0.3, -0.25) is 5.10 Å². The van der Waals surface area contributed by atoms with Crippen molar-refractivity contribution in [3.05, 3.63) is 46.5 Å². The molecule has 0 radical (unpaired) electrons. The molecular weight excluding hydrogens is 212 g/mol. The van der Waals surface area contributed by atoms with E-state index in [0.717, 1.165) is 24.5 Å². The highest BCUT2D eigenvalue weighted by atomic mass is 15.2. The molecule has 1 heterocycles. The first-order valence-corrected chi connectivity index (χ1v) is 5.85. The number of nitrogens with zero attached hydrogens (tertiary/aromatic N) is 2. The molecule has 2 aromatic rings. The quantitative estimate of drug-likeness (QED) is 0.836. The second kappa shape index (κ2) is 5.10. The minimum Gasteiger partial charge on any atom is -0.330 e. The lowest BCUT2D eigenvalue weighted by Crippen LogP contribution is -2.04. The highest BCUT2D eigenvalue weighted by molar-refractivity contribution is 5.30. The highest BCUT2D eigenvalue weighted by Crippen LogP contribution is 2.11. The number of benzene rings is 1. The summed E-state index contributed by atoms with van der Waals surface area (Å²) >= 11 is 0. The van der Waals surface area contributed by atoms with Crippen LogP contribution >= 0.6 is 0 Å². The van der Waals surface area contributed by atoms with Crippen molar-refractivity contribution >= 4 is 0 Å². The van der Waals surface area contributed by atoms with Crippen LogP contribution in [0.3, 0.4) is 0 Å². The van der Waals surface area contributed by atoms with E-state index in [9.17, 15) is 0 Å². The van der Waals surface area contributed by atoms with Gasteiger partial charge in [-0.05, 0) is 26.0 Å². The second-order valence-corrected chi connectivity index (χ2v) is 4.41. The molecule has 0 bridgehead atoms. The Morgan fingerprint density at radius 1 is 1.18 bits per heavy atom. The Morgan fingerprint density at radius 2 is 1.88 bits per heavy atom. The van der Waals surface area contributed by atoms with Crippen LogP contribution in [0.25, 0.3) is 0 Å². The van der Waals surface area contributed by atoms with Crippen LogP contribution in [0.1, 0.15) is 28.3 Å². The third-order valence-corrected chi connectivity index (χ3v) is 2.60. The molecule has 0 atom stereocenters. The van der Waals surface area contributed by atoms with Crippen LogP contribution in [0.4, 0.5) is 0 Å². The number of H-pyrrole nitrogens is 1. The van der Waals surface area contributed by atoms with E-state index in [4.69, 9.17) is 5.73 Å². The van der Waals surface area contributed by atoms with Crippen molar-refractivity contribution in [1.29, 1.82) is 0 Å². The van der Waals surface area contributed by atoms with E-state index in [1.807, 2.05) is 0 Å². The van der Waals surface area contributed by atoms with Crippen LogP contribution in [0.2, 0.25) is 0 Å². The van der Waals surface area contributed by atoms with E-state index in [2.05, 4.69) is 47.2 Å². The highest BCUT2D eigenvalue weighted by Gasteiger charge is 2.04. The zero-order chi connectivity index (χ0) is 12.3. The first kappa shape index (κ1) is 11.8. The van der Waals surface area contributed by atoms with Gasteiger partial charge in [0.25, 0.3) is 0 Å². The average molecular weight is 230 g/mol. The molecular formula is C13H18N4. The van der Waals surface area contributed by atoms with Gasteiger partial charge in [0.2, 0.25) is 0 Å². The van der Waals surface area contributed by atoms with E-state index in [-0.39, 0.29) is 0 Å². The van der Waals surface area contributed by atoms with E-state index in [1.165, 1.54) is 16.7 Å². The van der Waals surface area contributed by atoms with Gasteiger partial charge < -0.3 is 5.73 Å². The summed E-state index contributed by atoms with van der Waals surface area (Å²) in [6.07, 6.45) is 1.52. The maximum atomic E-state index is 5.47. The zero-order valence-electron chi connectivity index (χ0n) is 10.3. The molecule has 0 unspecified atom stereocenters. The fourth-order valence-corrected chi connectivity index (χ4v) is 2.02. The summed E-state index contributed by atoms with van der Waals surface area (Å²) in [4.78, 5) is 4.41. The Morgan fingerprint density at radius 3 is 2.53 bits per heavy atom. The van der Waals surface area contributed by atoms with Gasteiger partial charge >= 0.3 is 0 Å². The zero-order valence-corrected chi connectivity index (χ0v) is 10.3. The largest absolute Gasteiger partial charge is 0.330 e. The van der Waals surface area contributed by atoms with Crippen molar-refractivity contribution in [3.63, 3.8) is 0 Å². The smallest absolute Gasteiger partial charge is 0.151 e. The molecule has 0 aliphatic heterocycles. The number of nitrogens with one attached hydrogen (secondary N) is 1. The Bertz CT molecular complexity index is 482. The first-order chi connectivity index (χ1) is 8.17. The molecule has 4 heteroatoms. The summed E-state index contributed by atoms with van der Waals surface area (Å²) < 4.78 is 0. The third kappa shape index (κ3) is 3.14. The molecule has 0 saturated heterocycles. The summed E-state index contributed by atoms with van der Waals surface area (Å²) in [6.45, 7) is 4.80. The third-order valence-electron chi connectivity index (χ3n) is 2.60. The van der Waals surface area contributed by atoms with Gasteiger partial charge in [0, 0.05) is 12.8 Å². The van der Waals surface area contributed by atoms with Crippen molar-refractivity contribution in [2.45, 2.75) is 26.7 Å². The van der Waals surface area contributed by atoms with Crippen LogP contribution in [0.5, 0.6) is 0 Å². The van der Waals surface area contributed by atoms with E-state index >= 15 is 0 Å². The maximum Gasteiger partial charge on any atom is 0.151 e. The number of hydrogen-bond donors (Lipinski definition) is 2.